The molecule has 2 N–H and O–H groups in total. The van der Waals surface area contributed by atoms with E-state index in [0.717, 1.165) is 0 Å². The lowest BCUT2D eigenvalue weighted by molar-refractivity contribution is -0.136. The van der Waals surface area contributed by atoms with Gasteiger partial charge < -0.3 is 15.4 Å². The molecule has 0 aromatic rings. The first-order valence-electron chi connectivity index (χ1n) is 5.69. The van der Waals surface area contributed by atoms with Crippen LogP contribution in [-0.4, -0.2) is 38.6 Å². The summed E-state index contributed by atoms with van der Waals surface area (Å²) in [5, 5.41) is 5.71. The van der Waals surface area contributed by atoms with Crippen LogP contribution in [0.2, 0.25) is 0 Å². The van der Waals surface area contributed by atoms with E-state index in [4.69, 9.17) is 0 Å². The number of ether oxygens (including phenoxy) is 1. The van der Waals surface area contributed by atoms with E-state index in [1.54, 1.807) is 13.0 Å². The topological polar surface area (TPSA) is 67.4 Å². The van der Waals surface area contributed by atoms with Crippen molar-refractivity contribution < 1.29 is 14.3 Å². The minimum absolute atomic E-state index is 0.0391. The Hall–Kier alpha value is -1.36. The normalized spacial score (nSPS) is 11.5. The quantitative estimate of drug-likeness (QED) is 0.387. The molecule has 0 atom stereocenters. The number of amides is 1. The molecule has 0 radical (unpaired) electrons. The number of methoxy groups -OCH3 is 1. The van der Waals surface area contributed by atoms with Crippen molar-refractivity contribution in [2.45, 2.75) is 20.8 Å². The fourth-order valence-corrected chi connectivity index (χ4v) is 1.04. The van der Waals surface area contributed by atoms with Crippen molar-refractivity contribution in [1.82, 2.24) is 10.6 Å². The molecule has 5 nitrogen and oxygen atoms in total. The summed E-state index contributed by atoms with van der Waals surface area (Å²) in [4.78, 5) is 22.3. The zero-order valence-corrected chi connectivity index (χ0v) is 11.0. The van der Waals surface area contributed by atoms with E-state index in [1.165, 1.54) is 7.11 Å². The van der Waals surface area contributed by atoms with Crippen molar-refractivity contribution in [3.05, 3.63) is 11.6 Å². The van der Waals surface area contributed by atoms with Gasteiger partial charge in [0.1, 0.15) is 0 Å². The summed E-state index contributed by atoms with van der Waals surface area (Å²) in [7, 11) is 1.34. The van der Waals surface area contributed by atoms with Gasteiger partial charge in [-0.15, -0.1) is 0 Å². The van der Waals surface area contributed by atoms with Crippen molar-refractivity contribution >= 4 is 11.9 Å². The van der Waals surface area contributed by atoms with E-state index in [0.29, 0.717) is 24.6 Å². The van der Waals surface area contributed by atoms with Crippen molar-refractivity contribution in [2.24, 2.45) is 5.92 Å². The van der Waals surface area contributed by atoms with Crippen LogP contribution in [0.5, 0.6) is 0 Å². The third kappa shape index (κ3) is 8.45. The monoisotopic (exact) mass is 242 g/mol. The molecule has 0 saturated heterocycles. The van der Waals surface area contributed by atoms with Gasteiger partial charge in [-0.05, 0) is 12.8 Å². The van der Waals surface area contributed by atoms with Crippen LogP contribution in [0.25, 0.3) is 0 Å². The summed E-state index contributed by atoms with van der Waals surface area (Å²) in [6.45, 7) is 7.14. The predicted octanol–water partition coefficient (Wildman–Crippen LogP) is 0.468. The average Bonchev–Trinajstić information content (AvgIpc) is 2.30. The summed E-state index contributed by atoms with van der Waals surface area (Å²) < 4.78 is 4.54. The highest BCUT2D eigenvalue weighted by Crippen LogP contribution is 1.93. The molecule has 0 rings (SSSR count). The molecule has 0 spiro atoms. The Kier molecular flexibility index (Phi) is 8.05. The molecular formula is C12H22N2O3. The molecule has 17 heavy (non-hydrogen) atoms. The Morgan fingerprint density at radius 2 is 2.00 bits per heavy atom. The minimum atomic E-state index is -0.351. The van der Waals surface area contributed by atoms with Gasteiger partial charge in [0.25, 0.3) is 0 Å². The number of hydrogen-bond acceptors (Lipinski definition) is 4. The molecule has 98 valence electrons. The molecule has 0 saturated carbocycles. The van der Waals surface area contributed by atoms with Crippen LogP contribution in [0, 0.1) is 5.92 Å². The molecule has 0 aromatic carbocycles. The van der Waals surface area contributed by atoms with Gasteiger partial charge in [0, 0.05) is 18.7 Å². The number of hydrogen-bond donors (Lipinski definition) is 2. The summed E-state index contributed by atoms with van der Waals surface area (Å²) >= 11 is 0. The van der Waals surface area contributed by atoms with E-state index in [2.05, 4.69) is 15.4 Å². The van der Waals surface area contributed by atoms with Gasteiger partial charge in [0.2, 0.25) is 5.91 Å². The first kappa shape index (κ1) is 15.6. The maximum atomic E-state index is 11.3. The molecule has 0 aromatic heterocycles. The second-order valence-electron chi connectivity index (χ2n) is 4.21. The first-order chi connectivity index (χ1) is 7.97. The second-order valence-corrected chi connectivity index (χ2v) is 4.21. The minimum Gasteiger partial charge on any atom is -0.466 e. The lowest BCUT2D eigenvalue weighted by Crippen LogP contribution is -2.35. The highest BCUT2D eigenvalue weighted by molar-refractivity contribution is 5.87. The van der Waals surface area contributed by atoms with Crippen LogP contribution in [0.3, 0.4) is 0 Å². The summed E-state index contributed by atoms with van der Waals surface area (Å²) in [5.74, 6) is 0.0549. The van der Waals surface area contributed by atoms with E-state index in [-0.39, 0.29) is 18.4 Å². The Balaban J connectivity index is 3.70. The van der Waals surface area contributed by atoms with Gasteiger partial charge in [-0.25, -0.2) is 4.79 Å². The zero-order valence-electron chi connectivity index (χ0n) is 11.0. The first-order valence-corrected chi connectivity index (χ1v) is 5.69. The van der Waals surface area contributed by atoms with Crippen LogP contribution in [0.15, 0.2) is 11.6 Å². The van der Waals surface area contributed by atoms with Gasteiger partial charge in [-0.2, -0.15) is 0 Å². The molecule has 0 aliphatic carbocycles. The number of carbonyl (C=O) groups is 2. The molecule has 1 amide bonds. The number of rotatable bonds is 7. The summed E-state index contributed by atoms with van der Waals surface area (Å²) in [5.41, 5.74) is 0.530. The SMILES string of the molecule is COC(=O)C(C)=CCNCC(=O)NCC(C)C. The lowest BCUT2D eigenvalue weighted by atomic mass is 10.2. The molecule has 0 aliphatic heterocycles. The van der Waals surface area contributed by atoms with Gasteiger partial charge >= 0.3 is 5.97 Å². The highest BCUT2D eigenvalue weighted by Gasteiger charge is 2.03. The molecule has 5 heteroatoms. The van der Waals surface area contributed by atoms with Gasteiger partial charge in [0.05, 0.1) is 13.7 Å². The molecule has 0 unspecified atom stereocenters. The Morgan fingerprint density at radius 3 is 2.53 bits per heavy atom. The van der Waals surface area contributed by atoms with Gasteiger partial charge in [-0.3, -0.25) is 4.79 Å². The third-order valence-electron chi connectivity index (χ3n) is 2.05. The van der Waals surface area contributed by atoms with E-state index < -0.39 is 0 Å². The van der Waals surface area contributed by atoms with E-state index in [9.17, 15) is 9.59 Å². The molecular weight excluding hydrogens is 220 g/mol. The van der Waals surface area contributed by atoms with Crippen LogP contribution < -0.4 is 10.6 Å². The zero-order chi connectivity index (χ0) is 13.3. The maximum absolute atomic E-state index is 11.3. The van der Waals surface area contributed by atoms with Crippen LogP contribution in [0.4, 0.5) is 0 Å². The Morgan fingerprint density at radius 1 is 1.35 bits per heavy atom. The largest absolute Gasteiger partial charge is 0.466 e. The average molecular weight is 242 g/mol. The molecule has 0 fully saturated rings. The van der Waals surface area contributed by atoms with Crippen LogP contribution in [0.1, 0.15) is 20.8 Å². The van der Waals surface area contributed by atoms with Gasteiger partial charge in [-0.1, -0.05) is 19.9 Å². The number of esters is 1. The highest BCUT2D eigenvalue weighted by atomic mass is 16.5. The van der Waals surface area contributed by atoms with Crippen molar-refractivity contribution in [3.8, 4) is 0 Å². The second kappa shape index (κ2) is 8.75. The molecule has 0 aliphatic rings. The molecule has 0 heterocycles. The molecule has 0 bridgehead atoms. The fourth-order valence-electron chi connectivity index (χ4n) is 1.04. The predicted molar refractivity (Wildman–Crippen MR) is 66.5 cm³/mol. The fraction of sp³-hybridized carbons (Fsp3) is 0.667. The number of nitrogens with one attached hydrogen (secondary N) is 2. The summed E-state index contributed by atoms with van der Waals surface area (Å²) in [6.07, 6.45) is 1.70. The summed E-state index contributed by atoms with van der Waals surface area (Å²) in [6, 6.07) is 0. The van der Waals surface area contributed by atoms with Crippen molar-refractivity contribution in [1.29, 1.82) is 0 Å². The maximum Gasteiger partial charge on any atom is 0.333 e. The van der Waals surface area contributed by atoms with Crippen LogP contribution in [-0.2, 0) is 14.3 Å². The number of carbonyl (C=O) groups excluding carboxylic acids is 2. The van der Waals surface area contributed by atoms with E-state index >= 15 is 0 Å². The van der Waals surface area contributed by atoms with Crippen LogP contribution >= 0.6 is 0 Å². The Bertz CT molecular complexity index is 285. The van der Waals surface area contributed by atoms with Gasteiger partial charge in [0.15, 0.2) is 0 Å². The van der Waals surface area contributed by atoms with E-state index in [1.807, 2.05) is 13.8 Å². The van der Waals surface area contributed by atoms with Crippen molar-refractivity contribution in [2.75, 3.05) is 26.7 Å². The smallest absolute Gasteiger partial charge is 0.333 e. The standard InChI is InChI=1S/C12H22N2O3/c1-9(2)7-14-11(15)8-13-6-5-10(3)12(16)17-4/h5,9,13H,6-8H2,1-4H3,(H,14,15). The van der Waals surface area contributed by atoms with Crippen molar-refractivity contribution in [3.63, 3.8) is 0 Å². The lowest BCUT2D eigenvalue weighted by Gasteiger charge is -2.07. The third-order valence-corrected chi connectivity index (χ3v) is 2.05. The Labute approximate surface area is 103 Å².